The summed E-state index contributed by atoms with van der Waals surface area (Å²) < 4.78 is 15.6. The molecule has 2 aromatic heterocycles. The Kier molecular flexibility index (Phi) is 2.44. The molecular weight excluding hydrogens is 233 g/mol. The van der Waals surface area contributed by atoms with Gasteiger partial charge in [-0.15, -0.1) is 5.10 Å². The molecule has 18 heavy (non-hydrogen) atoms. The van der Waals surface area contributed by atoms with Crippen LogP contribution in [-0.2, 0) is 6.54 Å². The molecule has 1 aromatic carbocycles. The molecule has 0 bridgehead atoms. The molecule has 0 aliphatic rings. The maximum absolute atomic E-state index is 12.8. The first-order chi connectivity index (χ1) is 8.74. The summed E-state index contributed by atoms with van der Waals surface area (Å²) in [6.45, 7) is 0.334. The molecule has 0 spiro atoms. The molecule has 0 fully saturated rings. The summed E-state index contributed by atoms with van der Waals surface area (Å²) in [6.07, 6.45) is 1.67. The molecule has 0 radical (unpaired) electrons. The van der Waals surface area contributed by atoms with E-state index in [2.05, 4.69) is 5.10 Å². The fourth-order valence-electron chi connectivity index (χ4n) is 1.83. The molecule has 3 aromatic rings. The zero-order valence-electron chi connectivity index (χ0n) is 9.45. The van der Waals surface area contributed by atoms with E-state index in [4.69, 9.17) is 0 Å². The van der Waals surface area contributed by atoms with Crippen LogP contribution in [-0.4, -0.2) is 14.2 Å². The second-order valence-electron chi connectivity index (χ2n) is 4.00. The Bertz CT molecular complexity index is 743. The van der Waals surface area contributed by atoms with Crippen molar-refractivity contribution in [3.8, 4) is 0 Å². The van der Waals surface area contributed by atoms with Crippen molar-refractivity contribution >= 4 is 5.65 Å². The van der Waals surface area contributed by atoms with E-state index in [-0.39, 0.29) is 11.5 Å². The SMILES string of the molecule is O=c1n(Cc2ccc(F)cc2)nc2ccccn12. The van der Waals surface area contributed by atoms with Crippen LogP contribution in [0.1, 0.15) is 5.56 Å². The highest BCUT2D eigenvalue weighted by molar-refractivity contribution is 5.35. The van der Waals surface area contributed by atoms with Gasteiger partial charge in [-0.2, -0.15) is 0 Å². The van der Waals surface area contributed by atoms with E-state index < -0.39 is 0 Å². The molecule has 2 heterocycles. The molecule has 4 nitrogen and oxygen atoms in total. The molecule has 0 atom stereocenters. The van der Waals surface area contributed by atoms with Gasteiger partial charge in [-0.1, -0.05) is 18.2 Å². The van der Waals surface area contributed by atoms with E-state index in [0.717, 1.165) is 5.56 Å². The molecule has 0 unspecified atom stereocenters. The molecule has 0 saturated heterocycles. The lowest BCUT2D eigenvalue weighted by Crippen LogP contribution is -2.21. The van der Waals surface area contributed by atoms with Gasteiger partial charge in [-0.3, -0.25) is 4.40 Å². The first-order valence-electron chi connectivity index (χ1n) is 5.53. The molecule has 5 heteroatoms. The largest absolute Gasteiger partial charge is 0.350 e. The van der Waals surface area contributed by atoms with Gasteiger partial charge in [0.2, 0.25) is 0 Å². The van der Waals surface area contributed by atoms with Crippen molar-refractivity contribution in [1.82, 2.24) is 14.2 Å². The van der Waals surface area contributed by atoms with Crippen molar-refractivity contribution < 1.29 is 4.39 Å². The van der Waals surface area contributed by atoms with Crippen LogP contribution in [0, 0.1) is 5.82 Å². The van der Waals surface area contributed by atoms with Crippen molar-refractivity contribution in [3.05, 3.63) is 70.5 Å². The second kappa shape index (κ2) is 4.10. The predicted molar refractivity (Wildman–Crippen MR) is 65.0 cm³/mol. The molecule has 0 aliphatic heterocycles. The maximum atomic E-state index is 12.8. The summed E-state index contributed by atoms with van der Waals surface area (Å²) in [5.74, 6) is -0.291. The summed E-state index contributed by atoms with van der Waals surface area (Å²) in [6, 6.07) is 11.4. The lowest BCUT2D eigenvalue weighted by Gasteiger charge is -1.99. The van der Waals surface area contributed by atoms with Gasteiger partial charge >= 0.3 is 5.69 Å². The van der Waals surface area contributed by atoms with Gasteiger partial charge in [-0.25, -0.2) is 13.9 Å². The molecule has 0 N–H and O–H groups in total. The number of aromatic nitrogens is 3. The van der Waals surface area contributed by atoms with Crippen molar-refractivity contribution in [2.75, 3.05) is 0 Å². The third-order valence-corrected chi connectivity index (χ3v) is 2.73. The Morgan fingerprint density at radius 1 is 1.11 bits per heavy atom. The highest BCUT2D eigenvalue weighted by atomic mass is 19.1. The lowest BCUT2D eigenvalue weighted by atomic mass is 10.2. The number of fused-ring (bicyclic) bond motifs is 1. The quantitative estimate of drug-likeness (QED) is 0.687. The highest BCUT2D eigenvalue weighted by Crippen LogP contribution is 2.04. The summed E-state index contributed by atoms with van der Waals surface area (Å²) >= 11 is 0. The van der Waals surface area contributed by atoms with Gasteiger partial charge in [0.25, 0.3) is 0 Å². The van der Waals surface area contributed by atoms with Crippen molar-refractivity contribution in [1.29, 1.82) is 0 Å². The Morgan fingerprint density at radius 3 is 2.61 bits per heavy atom. The first-order valence-corrected chi connectivity index (χ1v) is 5.53. The van der Waals surface area contributed by atoms with Crippen LogP contribution in [0.5, 0.6) is 0 Å². The number of rotatable bonds is 2. The Balaban J connectivity index is 2.02. The number of pyridine rings is 1. The number of halogens is 1. The van der Waals surface area contributed by atoms with E-state index in [1.165, 1.54) is 21.2 Å². The third kappa shape index (κ3) is 1.79. The van der Waals surface area contributed by atoms with Crippen LogP contribution in [0.4, 0.5) is 4.39 Å². The van der Waals surface area contributed by atoms with E-state index in [1.54, 1.807) is 30.5 Å². The van der Waals surface area contributed by atoms with Crippen LogP contribution < -0.4 is 5.69 Å². The first kappa shape index (κ1) is 10.7. The summed E-state index contributed by atoms with van der Waals surface area (Å²) in [5, 5.41) is 4.20. The number of hydrogen-bond donors (Lipinski definition) is 0. The molecule has 0 amide bonds. The molecule has 0 saturated carbocycles. The van der Waals surface area contributed by atoms with Crippen molar-refractivity contribution in [3.63, 3.8) is 0 Å². The number of nitrogens with zero attached hydrogens (tertiary/aromatic N) is 3. The van der Waals surface area contributed by atoms with Crippen LogP contribution in [0.2, 0.25) is 0 Å². The summed E-state index contributed by atoms with van der Waals surface area (Å²) in [4.78, 5) is 12.0. The fourth-order valence-corrected chi connectivity index (χ4v) is 1.83. The van der Waals surface area contributed by atoms with Gasteiger partial charge in [-0.05, 0) is 29.8 Å². The minimum atomic E-state index is -0.291. The molecule has 3 rings (SSSR count). The standard InChI is InChI=1S/C13H10FN3O/c14-11-6-4-10(5-7-11)9-17-13(18)16-8-2-1-3-12(16)15-17/h1-8H,9H2. The van der Waals surface area contributed by atoms with E-state index in [1.807, 2.05) is 6.07 Å². The normalized spacial score (nSPS) is 10.9. The van der Waals surface area contributed by atoms with E-state index in [0.29, 0.717) is 12.2 Å². The Hall–Kier alpha value is -2.43. The minimum absolute atomic E-state index is 0.199. The van der Waals surface area contributed by atoms with Gasteiger partial charge in [0.1, 0.15) is 5.82 Å². The molecular formula is C13H10FN3O. The average Bonchev–Trinajstić information content (AvgIpc) is 2.70. The van der Waals surface area contributed by atoms with Gasteiger partial charge in [0.05, 0.1) is 6.54 Å². The smallest absolute Gasteiger partial charge is 0.250 e. The van der Waals surface area contributed by atoms with E-state index >= 15 is 0 Å². The summed E-state index contributed by atoms with van der Waals surface area (Å²) in [7, 11) is 0. The average molecular weight is 243 g/mol. The third-order valence-electron chi connectivity index (χ3n) is 2.73. The van der Waals surface area contributed by atoms with Crippen LogP contribution in [0.15, 0.2) is 53.5 Å². The van der Waals surface area contributed by atoms with Gasteiger partial charge < -0.3 is 0 Å². The Labute approximate surface area is 102 Å². The molecule has 90 valence electrons. The van der Waals surface area contributed by atoms with Gasteiger partial charge in [0.15, 0.2) is 5.65 Å². The Morgan fingerprint density at radius 2 is 1.89 bits per heavy atom. The highest BCUT2D eigenvalue weighted by Gasteiger charge is 2.06. The minimum Gasteiger partial charge on any atom is -0.250 e. The number of benzene rings is 1. The lowest BCUT2D eigenvalue weighted by molar-refractivity contribution is 0.622. The topological polar surface area (TPSA) is 39.3 Å². The van der Waals surface area contributed by atoms with Crippen molar-refractivity contribution in [2.24, 2.45) is 0 Å². The maximum Gasteiger partial charge on any atom is 0.350 e. The van der Waals surface area contributed by atoms with Crippen LogP contribution in [0.3, 0.4) is 0 Å². The van der Waals surface area contributed by atoms with Crippen molar-refractivity contribution in [2.45, 2.75) is 6.54 Å². The summed E-state index contributed by atoms with van der Waals surface area (Å²) in [5.41, 5.74) is 1.24. The van der Waals surface area contributed by atoms with Gasteiger partial charge in [0, 0.05) is 6.20 Å². The zero-order chi connectivity index (χ0) is 12.5. The zero-order valence-corrected chi connectivity index (χ0v) is 9.45. The van der Waals surface area contributed by atoms with E-state index in [9.17, 15) is 9.18 Å². The van der Waals surface area contributed by atoms with Crippen LogP contribution >= 0.6 is 0 Å². The molecule has 0 aliphatic carbocycles. The predicted octanol–water partition coefficient (Wildman–Crippen LogP) is 1.68. The second-order valence-corrected chi connectivity index (χ2v) is 4.00. The monoisotopic (exact) mass is 243 g/mol. The van der Waals surface area contributed by atoms with Crippen LogP contribution in [0.25, 0.3) is 5.65 Å². The fraction of sp³-hybridized carbons (Fsp3) is 0.0769. The number of hydrogen-bond acceptors (Lipinski definition) is 2.